The summed E-state index contributed by atoms with van der Waals surface area (Å²) in [5, 5.41) is 27.6. The highest BCUT2D eigenvalue weighted by Crippen LogP contribution is 2.34. The molecule has 1 N–H and O–H groups in total. The van der Waals surface area contributed by atoms with E-state index >= 15 is 0 Å². The number of benzene rings is 2. The molecule has 1 aliphatic rings. The third kappa shape index (κ3) is 5.99. The van der Waals surface area contributed by atoms with Crippen LogP contribution >= 0.6 is 11.8 Å². The molecular formula is C22H24N8O6S2. The van der Waals surface area contributed by atoms with E-state index < -0.39 is 19.9 Å². The van der Waals surface area contributed by atoms with Crippen molar-refractivity contribution in [2.75, 3.05) is 38.7 Å². The third-order valence-electron chi connectivity index (χ3n) is 5.81. The number of nitro groups is 2. The van der Waals surface area contributed by atoms with Gasteiger partial charge in [0, 0.05) is 69.4 Å². The van der Waals surface area contributed by atoms with Crippen molar-refractivity contribution in [3.63, 3.8) is 0 Å². The van der Waals surface area contributed by atoms with Gasteiger partial charge in [0.15, 0.2) is 5.16 Å². The van der Waals surface area contributed by atoms with Crippen LogP contribution in [0.15, 0.2) is 68.8 Å². The van der Waals surface area contributed by atoms with Gasteiger partial charge in [-0.05, 0) is 30.9 Å². The van der Waals surface area contributed by atoms with Crippen LogP contribution in [0.5, 0.6) is 0 Å². The number of nitrogens with one attached hydrogen (secondary N) is 1. The first kappa shape index (κ1) is 27.2. The van der Waals surface area contributed by atoms with E-state index in [1.54, 1.807) is 36.1 Å². The molecule has 3 aromatic rings. The number of imidazole rings is 1. The van der Waals surface area contributed by atoms with Crippen molar-refractivity contribution in [1.29, 1.82) is 0 Å². The van der Waals surface area contributed by atoms with Crippen LogP contribution in [0.25, 0.3) is 0 Å². The molecular weight excluding hydrogens is 536 g/mol. The fraction of sp³-hybridized carbons (Fsp3) is 0.273. The number of hydrogen-bond acceptors (Lipinski definition) is 11. The maximum absolute atomic E-state index is 13.3. The molecule has 14 nitrogen and oxygen atoms in total. The highest BCUT2D eigenvalue weighted by atomic mass is 32.2. The van der Waals surface area contributed by atoms with Gasteiger partial charge in [-0.3, -0.25) is 25.7 Å². The minimum atomic E-state index is -4.05. The van der Waals surface area contributed by atoms with E-state index in [9.17, 15) is 28.6 Å². The minimum Gasteiger partial charge on any atom is -0.329 e. The molecule has 2 heterocycles. The SMILES string of the molecule is CN1CCN(S(=O)(=O)c2cc([N+](=O)[O-])ccc2N/N=C\c2ccc(Sc3nccn3C)c([N+](=O)[O-])c2)CC1. The zero-order valence-electron chi connectivity index (χ0n) is 20.4. The third-order valence-corrected chi connectivity index (χ3v) is 8.89. The van der Waals surface area contributed by atoms with E-state index in [4.69, 9.17) is 0 Å². The number of aryl methyl sites for hydroxylation is 1. The molecule has 2 aromatic carbocycles. The first-order valence-corrected chi connectivity index (χ1v) is 13.5. The number of rotatable bonds is 9. The monoisotopic (exact) mass is 560 g/mol. The van der Waals surface area contributed by atoms with E-state index in [0.29, 0.717) is 28.7 Å². The second-order valence-corrected chi connectivity index (χ2v) is 11.3. The Balaban J connectivity index is 1.59. The Kier molecular flexibility index (Phi) is 8.05. The molecule has 0 unspecified atom stereocenters. The standard InChI is InChI=1S/C22H24N8O6S2/c1-26-9-11-28(12-10-26)38(35,36)21-14-17(29(31)32)4-5-18(21)25-24-15-16-3-6-20(19(13-16)30(33)34)37-22-23-7-8-27(22)2/h3-8,13-15,25H,9-12H2,1-2H3/b24-15-. The van der Waals surface area contributed by atoms with Gasteiger partial charge in [-0.2, -0.15) is 9.41 Å². The maximum atomic E-state index is 13.3. The van der Waals surface area contributed by atoms with Crippen LogP contribution in [0.3, 0.4) is 0 Å². The largest absolute Gasteiger partial charge is 0.329 e. The van der Waals surface area contributed by atoms with Gasteiger partial charge >= 0.3 is 0 Å². The van der Waals surface area contributed by atoms with E-state index in [1.165, 1.54) is 28.7 Å². The Morgan fingerprint density at radius 1 is 1.05 bits per heavy atom. The summed E-state index contributed by atoms with van der Waals surface area (Å²) in [6.07, 6.45) is 4.63. The van der Waals surface area contributed by atoms with Crippen molar-refractivity contribution in [3.05, 3.63) is 74.6 Å². The lowest BCUT2D eigenvalue weighted by molar-refractivity contribution is -0.387. The van der Waals surface area contributed by atoms with Gasteiger partial charge in [0.25, 0.3) is 11.4 Å². The molecule has 0 atom stereocenters. The summed E-state index contributed by atoms with van der Waals surface area (Å²) in [5.74, 6) is 0. The van der Waals surface area contributed by atoms with E-state index in [0.717, 1.165) is 17.8 Å². The van der Waals surface area contributed by atoms with Gasteiger partial charge in [0.1, 0.15) is 4.90 Å². The van der Waals surface area contributed by atoms with Gasteiger partial charge in [-0.1, -0.05) is 6.07 Å². The Morgan fingerprint density at radius 2 is 1.79 bits per heavy atom. The molecule has 1 saturated heterocycles. The number of anilines is 1. The number of hydrogen-bond donors (Lipinski definition) is 1. The van der Waals surface area contributed by atoms with Crippen LogP contribution < -0.4 is 5.43 Å². The number of piperazine rings is 1. The molecule has 0 bridgehead atoms. The summed E-state index contributed by atoms with van der Waals surface area (Å²) in [6, 6.07) is 7.99. The van der Waals surface area contributed by atoms with Gasteiger partial charge < -0.3 is 9.47 Å². The Labute approximate surface area is 222 Å². The zero-order valence-corrected chi connectivity index (χ0v) is 22.1. The van der Waals surface area contributed by atoms with Gasteiger partial charge in [0.2, 0.25) is 10.0 Å². The van der Waals surface area contributed by atoms with Crippen LogP contribution in [0.4, 0.5) is 17.1 Å². The summed E-state index contributed by atoms with van der Waals surface area (Å²) in [4.78, 5) is 28.1. The lowest BCUT2D eigenvalue weighted by atomic mass is 10.2. The molecule has 1 aliphatic heterocycles. The smallest absolute Gasteiger partial charge is 0.283 e. The average Bonchev–Trinajstić information content (AvgIpc) is 3.29. The molecule has 16 heteroatoms. The van der Waals surface area contributed by atoms with E-state index in [-0.39, 0.29) is 35.0 Å². The topological polar surface area (TPSA) is 169 Å². The number of aromatic nitrogens is 2. The molecule has 0 amide bonds. The predicted octanol–water partition coefficient (Wildman–Crippen LogP) is 2.77. The Hall–Kier alpha value is -3.86. The molecule has 38 heavy (non-hydrogen) atoms. The van der Waals surface area contributed by atoms with Crippen LogP contribution in [0.1, 0.15) is 5.56 Å². The predicted molar refractivity (Wildman–Crippen MR) is 141 cm³/mol. The molecule has 1 aromatic heterocycles. The normalized spacial score (nSPS) is 15.1. The zero-order chi connectivity index (χ0) is 27.4. The van der Waals surface area contributed by atoms with Crippen molar-refractivity contribution in [1.82, 2.24) is 18.8 Å². The molecule has 0 radical (unpaired) electrons. The fourth-order valence-electron chi connectivity index (χ4n) is 3.67. The van der Waals surface area contributed by atoms with E-state index in [2.05, 4.69) is 15.5 Å². The van der Waals surface area contributed by atoms with Crippen LogP contribution in [-0.4, -0.2) is 76.5 Å². The van der Waals surface area contributed by atoms with Gasteiger partial charge in [-0.25, -0.2) is 13.4 Å². The highest BCUT2D eigenvalue weighted by Gasteiger charge is 2.31. The summed E-state index contributed by atoms with van der Waals surface area (Å²) in [5.41, 5.74) is 2.55. The molecule has 1 fully saturated rings. The summed E-state index contributed by atoms with van der Waals surface area (Å²) < 4.78 is 29.7. The fourth-order valence-corrected chi connectivity index (χ4v) is 6.14. The number of nitrogens with zero attached hydrogens (tertiary/aromatic N) is 7. The second-order valence-electron chi connectivity index (χ2n) is 8.42. The first-order valence-electron chi connectivity index (χ1n) is 11.3. The lowest BCUT2D eigenvalue weighted by Gasteiger charge is -2.31. The average molecular weight is 561 g/mol. The molecule has 0 saturated carbocycles. The Morgan fingerprint density at radius 3 is 2.42 bits per heavy atom. The van der Waals surface area contributed by atoms with Gasteiger partial charge in [0.05, 0.1) is 26.6 Å². The number of hydrazone groups is 1. The quantitative estimate of drug-likeness (QED) is 0.233. The summed E-state index contributed by atoms with van der Waals surface area (Å²) in [7, 11) is -0.389. The number of nitro benzene ring substituents is 2. The summed E-state index contributed by atoms with van der Waals surface area (Å²) >= 11 is 1.15. The molecule has 0 aliphatic carbocycles. The lowest BCUT2D eigenvalue weighted by Crippen LogP contribution is -2.47. The number of sulfonamides is 1. The van der Waals surface area contributed by atoms with Crippen LogP contribution in [0, 0.1) is 20.2 Å². The molecule has 4 rings (SSSR count). The minimum absolute atomic E-state index is 0.0437. The van der Waals surface area contributed by atoms with Crippen LogP contribution in [-0.2, 0) is 17.1 Å². The van der Waals surface area contributed by atoms with E-state index in [1.807, 2.05) is 11.9 Å². The maximum Gasteiger partial charge on any atom is 0.283 e. The number of non-ortho nitro benzene ring substituents is 1. The highest BCUT2D eigenvalue weighted by molar-refractivity contribution is 7.99. The van der Waals surface area contributed by atoms with Crippen molar-refractivity contribution in [2.24, 2.45) is 12.1 Å². The van der Waals surface area contributed by atoms with Crippen molar-refractivity contribution >= 4 is 45.1 Å². The van der Waals surface area contributed by atoms with Gasteiger partial charge in [-0.15, -0.1) is 0 Å². The van der Waals surface area contributed by atoms with Crippen LogP contribution in [0.2, 0.25) is 0 Å². The Bertz CT molecular complexity index is 1500. The molecule has 0 spiro atoms. The van der Waals surface area contributed by atoms with Crippen molar-refractivity contribution < 1.29 is 18.3 Å². The van der Waals surface area contributed by atoms with Crippen molar-refractivity contribution in [2.45, 2.75) is 14.9 Å². The van der Waals surface area contributed by atoms with Crippen molar-refractivity contribution in [3.8, 4) is 0 Å². The first-order chi connectivity index (χ1) is 18.1. The number of likely N-dealkylation sites (N-methyl/N-ethyl adjacent to an activating group) is 1. The summed E-state index contributed by atoms with van der Waals surface area (Å²) in [6.45, 7) is 1.55. The molecule has 200 valence electrons. The second kappa shape index (κ2) is 11.3.